The molecule has 0 radical (unpaired) electrons. The maximum atomic E-state index is 5.82. The van der Waals surface area contributed by atoms with Crippen LogP contribution in [0.3, 0.4) is 0 Å². The van der Waals surface area contributed by atoms with Gasteiger partial charge in [-0.25, -0.2) is 5.43 Å². The van der Waals surface area contributed by atoms with Gasteiger partial charge in [-0.15, -0.1) is 0 Å². The first-order valence-electron chi connectivity index (χ1n) is 6.09. The number of nitrogens with two attached hydrogens (primary N) is 1. The van der Waals surface area contributed by atoms with E-state index < -0.39 is 0 Å². The fourth-order valence-corrected chi connectivity index (χ4v) is 1.81. The van der Waals surface area contributed by atoms with Crippen LogP contribution in [0, 0.1) is 0 Å². The van der Waals surface area contributed by atoms with E-state index in [4.69, 9.17) is 22.2 Å². The largest absolute Gasteiger partial charge is 0.492 e. The Morgan fingerprint density at radius 3 is 2.74 bits per heavy atom. The highest BCUT2D eigenvalue weighted by atomic mass is 35.5. The summed E-state index contributed by atoms with van der Waals surface area (Å²) >= 11 is 5.82. The topological polar surface area (TPSA) is 65.1 Å². The summed E-state index contributed by atoms with van der Waals surface area (Å²) in [6, 6.07) is 7.13. The molecule has 1 aromatic heterocycles. The minimum absolute atomic E-state index is 0.101. The summed E-state index contributed by atoms with van der Waals surface area (Å²) in [4.78, 5) is 0. The van der Waals surface area contributed by atoms with Crippen molar-refractivity contribution in [1.82, 2.24) is 15.2 Å². The van der Waals surface area contributed by atoms with E-state index in [-0.39, 0.29) is 6.04 Å². The van der Waals surface area contributed by atoms with Crippen LogP contribution in [0.25, 0.3) is 0 Å². The molecule has 0 spiro atoms. The summed E-state index contributed by atoms with van der Waals surface area (Å²) in [5.41, 5.74) is 3.73. The molecule has 0 aliphatic rings. The van der Waals surface area contributed by atoms with Crippen LogP contribution in [0.15, 0.2) is 36.7 Å². The average molecular weight is 281 g/mol. The second-order valence-corrected chi connectivity index (χ2v) is 4.55. The number of aromatic nitrogens is 2. The van der Waals surface area contributed by atoms with Crippen molar-refractivity contribution in [3.63, 3.8) is 0 Å². The third kappa shape index (κ3) is 3.70. The zero-order valence-corrected chi connectivity index (χ0v) is 11.5. The van der Waals surface area contributed by atoms with Gasteiger partial charge < -0.3 is 4.74 Å². The van der Waals surface area contributed by atoms with Gasteiger partial charge in [0.05, 0.1) is 12.2 Å². The SMILES string of the molecule is CCn1cc(C(COc2ccc(Cl)cc2)NN)cn1. The second kappa shape index (κ2) is 6.56. The Labute approximate surface area is 117 Å². The molecule has 0 fully saturated rings. The molecule has 1 aromatic carbocycles. The van der Waals surface area contributed by atoms with E-state index in [0.717, 1.165) is 17.9 Å². The lowest BCUT2D eigenvalue weighted by molar-refractivity contribution is 0.267. The predicted octanol–water partition coefficient (Wildman–Crippen LogP) is 2.14. The van der Waals surface area contributed by atoms with Crippen molar-refractivity contribution >= 4 is 11.6 Å². The van der Waals surface area contributed by atoms with Crippen molar-refractivity contribution in [2.75, 3.05) is 6.61 Å². The third-order valence-electron chi connectivity index (χ3n) is 2.81. The van der Waals surface area contributed by atoms with E-state index >= 15 is 0 Å². The molecular weight excluding hydrogens is 264 g/mol. The van der Waals surface area contributed by atoms with Crippen LogP contribution in [0.5, 0.6) is 5.75 Å². The Hall–Kier alpha value is -1.56. The van der Waals surface area contributed by atoms with Crippen molar-refractivity contribution in [1.29, 1.82) is 0 Å². The molecule has 19 heavy (non-hydrogen) atoms. The van der Waals surface area contributed by atoms with E-state index in [9.17, 15) is 0 Å². The highest BCUT2D eigenvalue weighted by Crippen LogP contribution is 2.18. The van der Waals surface area contributed by atoms with E-state index in [1.54, 1.807) is 18.3 Å². The van der Waals surface area contributed by atoms with Gasteiger partial charge in [0, 0.05) is 23.3 Å². The summed E-state index contributed by atoms with van der Waals surface area (Å²) in [7, 11) is 0. The van der Waals surface area contributed by atoms with Crippen LogP contribution in [0.4, 0.5) is 0 Å². The summed E-state index contributed by atoms with van der Waals surface area (Å²) in [6.45, 7) is 3.29. The Bertz CT molecular complexity index is 512. The lowest BCUT2D eigenvalue weighted by Crippen LogP contribution is -2.32. The molecule has 0 aliphatic carbocycles. The molecule has 0 saturated heterocycles. The molecule has 0 aliphatic heterocycles. The zero-order chi connectivity index (χ0) is 13.7. The molecule has 1 heterocycles. The van der Waals surface area contributed by atoms with Gasteiger partial charge in [0.25, 0.3) is 0 Å². The number of hydrogen-bond acceptors (Lipinski definition) is 4. The monoisotopic (exact) mass is 280 g/mol. The summed E-state index contributed by atoms with van der Waals surface area (Å²) < 4.78 is 7.52. The molecule has 0 bridgehead atoms. The number of aryl methyl sites for hydroxylation is 1. The zero-order valence-electron chi connectivity index (χ0n) is 10.7. The molecule has 0 amide bonds. The van der Waals surface area contributed by atoms with Gasteiger partial charge in [0.15, 0.2) is 0 Å². The fraction of sp³-hybridized carbons (Fsp3) is 0.308. The smallest absolute Gasteiger partial charge is 0.119 e. The van der Waals surface area contributed by atoms with Crippen LogP contribution in [0.2, 0.25) is 5.02 Å². The van der Waals surface area contributed by atoms with Gasteiger partial charge >= 0.3 is 0 Å². The first-order valence-corrected chi connectivity index (χ1v) is 6.47. The Morgan fingerprint density at radius 1 is 1.42 bits per heavy atom. The van der Waals surface area contributed by atoms with Gasteiger partial charge in [-0.05, 0) is 31.2 Å². The Kier molecular flexibility index (Phi) is 4.79. The van der Waals surface area contributed by atoms with Crippen LogP contribution in [-0.4, -0.2) is 16.4 Å². The molecule has 3 N–H and O–H groups in total. The molecule has 0 saturated carbocycles. The molecule has 1 unspecified atom stereocenters. The second-order valence-electron chi connectivity index (χ2n) is 4.11. The van der Waals surface area contributed by atoms with Crippen molar-refractivity contribution in [3.05, 3.63) is 47.2 Å². The normalized spacial score (nSPS) is 12.4. The maximum Gasteiger partial charge on any atom is 0.119 e. The fourth-order valence-electron chi connectivity index (χ4n) is 1.68. The van der Waals surface area contributed by atoms with Crippen molar-refractivity contribution in [2.45, 2.75) is 19.5 Å². The lowest BCUT2D eigenvalue weighted by atomic mass is 10.2. The van der Waals surface area contributed by atoms with Crippen LogP contribution in [-0.2, 0) is 6.54 Å². The first-order chi connectivity index (χ1) is 9.22. The van der Waals surface area contributed by atoms with E-state index in [1.807, 2.05) is 29.9 Å². The van der Waals surface area contributed by atoms with Gasteiger partial charge in [-0.2, -0.15) is 5.10 Å². The highest BCUT2D eigenvalue weighted by molar-refractivity contribution is 6.30. The number of hydrogen-bond donors (Lipinski definition) is 2. The minimum atomic E-state index is -0.101. The molecule has 2 aromatic rings. The third-order valence-corrected chi connectivity index (χ3v) is 3.06. The predicted molar refractivity (Wildman–Crippen MR) is 74.9 cm³/mol. The number of ether oxygens (including phenoxy) is 1. The molecule has 5 nitrogen and oxygen atoms in total. The van der Waals surface area contributed by atoms with Crippen LogP contribution in [0.1, 0.15) is 18.5 Å². The number of halogens is 1. The van der Waals surface area contributed by atoms with Gasteiger partial charge in [-0.1, -0.05) is 11.6 Å². The van der Waals surface area contributed by atoms with Gasteiger partial charge in [0.1, 0.15) is 12.4 Å². The number of benzene rings is 1. The highest BCUT2D eigenvalue weighted by Gasteiger charge is 2.12. The summed E-state index contributed by atoms with van der Waals surface area (Å²) in [5.74, 6) is 6.31. The maximum absolute atomic E-state index is 5.82. The number of hydrazine groups is 1. The van der Waals surface area contributed by atoms with Crippen molar-refractivity contribution in [2.24, 2.45) is 5.84 Å². The summed E-state index contributed by atoms with van der Waals surface area (Å²) in [5, 5.41) is 4.90. The molecule has 102 valence electrons. The Morgan fingerprint density at radius 2 is 2.16 bits per heavy atom. The van der Waals surface area contributed by atoms with E-state index in [1.165, 1.54) is 0 Å². The molecule has 1 atom stereocenters. The minimum Gasteiger partial charge on any atom is -0.492 e. The van der Waals surface area contributed by atoms with Crippen molar-refractivity contribution < 1.29 is 4.74 Å². The quantitative estimate of drug-likeness (QED) is 0.628. The number of nitrogens with zero attached hydrogens (tertiary/aromatic N) is 2. The van der Waals surface area contributed by atoms with Crippen molar-refractivity contribution in [3.8, 4) is 5.75 Å². The molecular formula is C13H17ClN4O. The van der Waals surface area contributed by atoms with Crippen LogP contribution >= 0.6 is 11.6 Å². The number of nitrogens with one attached hydrogen (secondary N) is 1. The molecule has 6 heteroatoms. The van der Waals surface area contributed by atoms with E-state index in [0.29, 0.717) is 11.6 Å². The summed E-state index contributed by atoms with van der Waals surface area (Å²) in [6.07, 6.45) is 3.75. The standard InChI is InChI=1S/C13H17ClN4O/c1-2-18-8-10(7-16-18)13(17-15)9-19-12-5-3-11(14)4-6-12/h3-8,13,17H,2,9,15H2,1H3. The average Bonchev–Trinajstić information content (AvgIpc) is 2.90. The van der Waals surface area contributed by atoms with E-state index in [2.05, 4.69) is 10.5 Å². The van der Waals surface area contributed by atoms with Crippen LogP contribution < -0.4 is 16.0 Å². The lowest BCUT2D eigenvalue weighted by Gasteiger charge is -2.15. The Balaban J connectivity index is 1.97. The number of rotatable bonds is 6. The van der Waals surface area contributed by atoms with Gasteiger partial charge in [-0.3, -0.25) is 10.5 Å². The molecule has 2 rings (SSSR count). The van der Waals surface area contributed by atoms with Gasteiger partial charge in [0.2, 0.25) is 0 Å². The first kappa shape index (κ1) is 13.9.